The summed E-state index contributed by atoms with van der Waals surface area (Å²) >= 11 is 0. The molecule has 2 rings (SSSR count). The van der Waals surface area contributed by atoms with E-state index in [0.717, 1.165) is 0 Å². The average molecular weight is 392 g/mol. The molecule has 0 saturated carbocycles. The molecule has 1 aliphatic heterocycles. The van der Waals surface area contributed by atoms with E-state index >= 15 is 0 Å². The molecule has 0 spiro atoms. The molecule has 4 atom stereocenters. The van der Waals surface area contributed by atoms with Crippen LogP contribution in [0.1, 0.15) is 39.5 Å². The molecule has 0 amide bonds. The minimum atomic E-state index is -0.811. The van der Waals surface area contributed by atoms with Gasteiger partial charge in [-0.1, -0.05) is 18.7 Å². The molecule has 1 heterocycles. The maximum Gasteiger partial charge on any atom is 0.334 e. The predicted molar refractivity (Wildman–Crippen MR) is 101 cm³/mol. The molecule has 0 radical (unpaired) electrons. The molecule has 154 valence electrons. The number of allylic oxidation sites excluding steroid dienone is 2. The molecule has 0 bridgehead atoms. The lowest BCUT2D eigenvalue weighted by Crippen LogP contribution is -2.36. The molecule has 7 heteroatoms. The standard InChI is InChI=1S/C21H28O7/c1-5-12(2)19(23)27-17-10-15(21(25)26-4)8-6-7-14(11-22)9-16-18(17)13(3)20(24)28-16/h5,8,14,16-18,22H,3,6-7,9-11H2,1-2,4H3/b12-5-,15-8+/t14-,16-,17-,18+/m1/s1. The molecule has 1 aliphatic carbocycles. The number of carbonyl (C=O) groups excluding carboxylic acids is 3. The predicted octanol–water partition coefficient (Wildman–Crippen LogP) is 2.24. The number of aliphatic hydroxyl groups excluding tert-OH is 1. The number of carbonyl (C=O) groups is 3. The van der Waals surface area contributed by atoms with Gasteiger partial charge in [0.25, 0.3) is 0 Å². The number of ether oxygens (including phenoxy) is 3. The number of rotatable bonds is 4. The summed E-state index contributed by atoms with van der Waals surface area (Å²) in [5, 5.41) is 9.69. The highest BCUT2D eigenvalue weighted by atomic mass is 16.6. The third-order valence-electron chi connectivity index (χ3n) is 5.40. The zero-order chi connectivity index (χ0) is 20.8. The van der Waals surface area contributed by atoms with Crippen LogP contribution in [-0.2, 0) is 28.6 Å². The summed E-state index contributed by atoms with van der Waals surface area (Å²) < 4.78 is 16.0. The first-order valence-corrected chi connectivity index (χ1v) is 9.44. The van der Waals surface area contributed by atoms with Gasteiger partial charge >= 0.3 is 17.9 Å². The van der Waals surface area contributed by atoms with Crippen molar-refractivity contribution in [2.45, 2.75) is 51.7 Å². The maximum absolute atomic E-state index is 12.4. The van der Waals surface area contributed by atoms with E-state index in [1.807, 2.05) is 0 Å². The monoisotopic (exact) mass is 392 g/mol. The molecule has 28 heavy (non-hydrogen) atoms. The van der Waals surface area contributed by atoms with E-state index in [4.69, 9.17) is 14.2 Å². The van der Waals surface area contributed by atoms with Gasteiger partial charge in [0.2, 0.25) is 0 Å². The molecule has 7 nitrogen and oxygen atoms in total. The number of fused-ring (bicyclic) bond motifs is 1. The van der Waals surface area contributed by atoms with Crippen LogP contribution in [0.5, 0.6) is 0 Å². The number of hydrogen-bond donors (Lipinski definition) is 1. The Bertz CT molecular complexity index is 704. The normalized spacial score (nSPS) is 30.6. The van der Waals surface area contributed by atoms with Crippen molar-refractivity contribution < 1.29 is 33.7 Å². The molecule has 0 aromatic heterocycles. The van der Waals surface area contributed by atoms with Gasteiger partial charge in [-0.05, 0) is 39.0 Å². The Morgan fingerprint density at radius 2 is 2.14 bits per heavy atom. The van der Waals surface area contributed by atoms with Crippen LogP contribution in [0.2, 0.25) is 0 Å². The smallest absolute Gasteiger partial charge is 0.334 e. The molecular formula is C21H28O7. The minimum absolute atomic E-state index is 0.0726. The van der Waals surface area contributed by atoms with Crippen molar-refractivity contribution in [1.82, 2.24) is 0 Å². The topological polar surface area (TPSA) is 99.1 Å². The molecule has 1 saturated heterocycles. The Labute approximate surface area is 165 Å². The highest BCUT2D eigenvalue weighted by Crippen LogP contribution is 2.38. The van der Waals surface area contributed by atoms with Crippen molar-refractivity contribution in [2.75, 3.05) is 13.7 Å². The van der Waals surface area contributed by atoms with Gasteiger partial charge < -0.3 is 19.3 Å². The Morgan fingerprint density at radius 1 is 1.43 bits per heavy atom. The van der Waals surface area contributed by atoms with Gasteiger partial charge in [-0.2, -0.15) is 0 Å². The van der Waals surface area contributed by atoms with Gasteiger partial charge in [0, 0.05) is 29.7 Å². The maximum atomic E-state index is 12.4. The Hall–Kier alpha value is -2.41. The first kappa shape index (κ1) is 21.9. The zero-order valence-corrected chi connectivity index (χ0v) is 16.6. The summed E-state index contributed by atoms with van der Waals surface area (Å²) in [4.78, 5) is 36.8. The lowest BCUT2D eigenvalue weighted by Gasteiger charge is -2.30. The molecule has 0 aromatic rings. The fraction of sp³-hybridized carbons (Fsp3) is 0.571. The largest absolute Gasteiger partial charge is 0.466 e. The van der Waals surface area contributed by atoms with Crippen LogP contribution in [0.25, 0.3) is 0 Å². The van der Waals surface area contributed by atoms with Gasteiger partial charge in [-0.25, -0.2) is 14.4 Å². The summed E-state index contributed by atoms with van der Waals surface area (Å²) in [5.74, 6) is -2.30. The van der Waals surface area contributed by atoms with Crippen LogP contribution in [0, 0.1) is 11.8 Å². The zero-order valence-electron chi connectivity index (χ0n) is 16.6. The van der Waals surface area contributed by atoms with Gasteiger partial charge in [0.05, 0.1) is 13.0 Å². The van der Waals surface area contributed by atoms with E-state index in [-0.39, 0.29) is 24.5 Å². The number of aliphatic hydroxyl groups is 1. The van der Waals surface area contributed by atoms with Gasteiger partial charge in [0.1, 0.15) is 12.2 Å². The molecular weight excluding hydrogens is 364 g/mol. The summed E-state index contributed by atoms with van der Waals surface area (Å²) in [6.07, 6.45) is 3.71. The second-order valence-corrected chi connectivity index (χ2v) is 7.20. The molecule has 1 N–H and O–H groups in total. The summed E-state index contributed by atoms with van der Waals surface area (Å²) in [5.41, 5.74) is 0.992. The first-order valence-electron chi connectivity index (χ1n) is 9.44. The van der Waals surface area contributed by atoms with Crippen LogP contribution < -0.4 is 0 Å². The van der Waals surface area contributed by atoms with Crippen molar-refractivity contribution in [3.63, 3.8) is 0 Å². The van der Waals surface area contributed by atoms with Crippen molar-refractivity contribution in [2.24, 2.45) is 11.8 Å². The van der Waals surface area contributed by atoms with E-state index in [2.05, 4.69) is 6.58 Å². The Kier molecular flexibility index (Phi) is 7.57. The van der Waals surface area contributed by atoms with Crippen LogP contribution in [-0.4, -0.2) is 48.9 Å². The fourth-order valence-electron chi connectivity index (χ4n) is 3.60. The lowest BCUT2D eigenvalue weighted by molar-refractivity contribution is -0.149. The highest BCUT2D eigenvalue weighted by molar-refractivity contribution is 5.92. The Morgan fingerprint density at radius 3 is 2.75 bits per heavy atom. The van der Waals surface area contributed by atoms with Crippen LogP contribution in [0.3, 0.4) is 0 Å². The number of methoxy groups -OCH3 is 1. The molecule has 0 unspecified atom stereocenters. The van der Waals surface area contributed by atoms with E-state index in [0.29, 0.717) is 30.4 Å². The highest BCUT2D eigenvalue weighted by Gasteiger charge is 2.46. The molecule has 2 aliphatic rings. The average Bonchev–Trinajstić information content (AvgIpc) is 2.97. The van der Waals surface area contributed by atoms with Gasteiger partial charge in [0.15, 0.2) is 0 Å². The van der Waals surface area contributed by atoms with Crippen LogP contribution >= 0.6 is 0 Å². The number of esters is 3. The second-order valence-electron chi connectivity index (χ2n) is 7.20. The fourth-order valence-corrected chi connectivity index (χ4v) is 3.60. The summed E-state index contributed by atoms with van der Waals surface area (Å²) in [6, 6.07) is 0. The SMILES string of the molecule is C=C1C(=O)O[C@@H]2C[C@H](CO)CC/C=C(/C(=O)OC)C[C@@H](OC(=O)/C(C)=C\C)[C@@H]12. The second kappa shape index (κ2) is 9.68. The number of hydrogen-bond acceptors (Lipinski definition) is 7. The first-order chi connectivity index (χ1) is 13.3. The van der Waals surface area contributed by atoms with Crippen molar-refractivity contribution >= 4 is 17.9 Å². The van der Waals surface area contributed by atoms with E-state index in [1.165, 1.54) is 7.11 Å². The third-order valence-corrected chi connectivity index (χ3v) is 5.40. The molecule has 0 aromatic carbocycles. The summed E-state index contributed by atoms with van der Waals surface area (Å²) in [7, 11) is 1.29. The summed E-state index contributed by atoms with van der Waals surface area (Å²) in [6.45, 7) is 7.11. The Balaban J connectivity index is 2.45. The minimum Gasteiger partial charge on any atom is -0.466 e. The van der Waals surface area contributed by atoms with Crippen molar-refractivity contribution in [3.8, 4) is 0 Å². The van der Waals surface area contributed by atoms with E-state index in [1.54, 1.807) is 26.0 Å². The third kappa shape index (κ3) is 4.90. The van der Waals surface area contributed by atoms with Gasteiger partial charge in [-0.3, -0.25) is 0 Å². The van der Waals surface area contributed by atoms with Gasteiger partial charge in [-0.15, -0.1) is 0 Å². The van der Waals surface area contributed by atoms with E-state index in [9.17, 15) is 19.5 Å². The van der Waals surface area contributed by atoms with Crippen molar-refractivity contribution in [3.05, 3.63) is 35.5 Å². The van der Waals surface area contributed by atoms with Crippen LogP contribution in [0.4, 0.5) is 0 Å². The quantitative estimate of drug-likeness (QED) is 0.445. The van der Waals surface area contributed by atoms with E-state index < -0.39 is 36.0 Å². The molecule has 1 fully saturated rings. The van der Waals surface area contributed by atoms with Crippen LogP contribution in [0.15, 0.2) is 35.5 Å². The lowest BCUT2D eigenvalue weighted by atomic mass is 9.81. The van der Waals surface area contributed by atoms with Crippen molar-refractivity contribution in [1.29, 1.82) is 0 Å².